The maximum Gasteiger partial charge on any atom is 0.126 e. The van der Waals surface area contributed by atoms with Crippen molar-refractivity contribution in [2.75, 3.05) is 0 Å². The average Bonchev–Trinajstić information content (AvgIpc) is 2.83. The predicted octanol–water partition coefficient (Wildman–Crippen LogP) is 2.91. The smallest absolute Gasteiger partial charge is 0.126 e. The third-order valence-corrected chi connectivity index (χ3v) is 5.23. The van der Waals surface area contributed by atoms with E-state index in [1.54, 1.807) is 11.3 Å². The molecule has 1 aromatic heterocycles. The lowest BCUT2D eigenvalue weighted by Gasteiger charge is -2.29. The molecule has 2 fully saturated rings. The molecule has 2 aliphatic carbocycles. The van der Waals surface area contributed by atoms with Crippen molar-refractivity contribution in [1.29, 1.82) is 0 Å². The molecule has 2 saturated carbocycles. The van der Waals surface area contributed by atoms with Gasteiger partial charge in [-0.2, -0.15) is 0 Å². The summed E-state index contributed by atoms with van der Waals surface area (Å²) < 4.78 is 0.855. The molecule has 0 bridgehead atoms. The van der Waals surface area contributed by atoms with Crippen LogP contribution in [0.5, 0.6) is 0 Å². The van der Waals surface area contributed by atoms with Crippen molar-refractivity contribution in [3.05, 3.63) is 15.0 Å². The van der Waals surface area contributed by atoms with Crippen LogP contribution >= 0.6 is 27.3 Å². The summed E-state index contributed by atoms with van der Waals surface area (Å²) in [6.45, 7) is 0. The van der Waals surface area contributed by atoms with Crippen LogP contribution < -0.4 is 0 Å². The number of nitrogens with zero attached hydrogens (tertiary/aromatic N) is 1. The predicted molar refractivity (Wildman–Crippen MR) is 59.2 cm³/mol. The number of aromatic nitrogens is 1. The minimum absolute atomic E-state index is 0.495. The van der Waals surface area contributed by atoms with E-state index in [2.05, 4.69) is 20.9 Å². The first kappa shape index (κ1) is 9.31. The normalized spacial score (nSPS) is 40.7. The molecule has 4 heteroatoms. The Hall–Kier alpha value is 0.0700. The van der Waals surface area contributed by atoms with Gasteiger partial charge in [-0.3, -0.25) is 0 Å². The monoisotopic (exact) mass is 273 g/mol. The quantitative estimate of drug-likeness (QED) is 0.854. The molecule has 0 radical (unpaired) electrons. The van der Waals surface area contributed by atoms with Crippen LogP contribution in [0, 0.1) is 11.8 Å². The number of aliphatic hydroxyl groups is 1. The molecule has 3 unspecified atom stereocenters. The Morgan fingerprint density at radius 3 is 3.21 bits per heavy atom. The Bertz CT molecular complexity index is 367. The molecule has 1 N–H and O–H groups in total. The van der Waals surface area contributed by atoms with Gasteiger partial charge in [0.15, 0.2) is 0 Å². The van der Waals surface area contributed by atoms with E-state index in [1.807, 2.05) is 5.38 Å². The fourth-order valence-corrected chi connectivity index (χ4v) is 4.13. The summed E-state index contributed by atoms with van der Waals surface area (Å²) in [5.74, 6) is 1.27. The summed E-state index contributed by atoms with van der Waals surface area (Å²) in [4.78, 5) is 4.37. The Morgan fingerprint density at radius 1 is 1.64 bits per heavy atom. The summed E-state index contributed by atoms with van der Waals surface area (Å²) >= 11 is 4.92. The van der Waals surface area contributed by atoms with Gasteiger partial charge >= 0.3 is 0 Å². The van der Waals surface area contributed by atoms with E-state index in [0.717, 1.165) is 28.4 Å². The first-order valence-electron chi connectivity index (χ1n) is 5.04. The van der Waals surface area contributed by atoms with Crippen molar-refractivity contribution in [3.8, 4) is 0 Å². The zero-order chi connectivity index (χ0) is 9.76. The molecule has 1 heterocycles. The molecule has 76 valence electrons. The Kier molecular flexibility index (Phi) is 2.01. The highest BCUT2D eigenvalue weighted by molar-refractivity contribution is 9.10. The SMILES string of the molecule is OC1(c2nc(Br)cs2)CCCC2CC21. The number of hydrogen-bond acceptors (Lipinski definition) is 3. The van der Waals surface area contributed by atoms with Gasteiger partial charge in [-0.1, -0.05) is 0 Å². The minimum Gasteiger partial charge on any atom is -0.382 e. The second kappa shape index (κ2) is 3.03. The van der Waals surface area contributed by atoms with Gasteiger partial charge < -0.3 is 5.11 Å². The highest BCUT2D eigenvalue weighted by Crippen LogP contribution is 2.59. The maximum absolute atomic E-state index is 10.6. The lowest BCUT2D eigenvalue weighted by Crippen LogP contribution is -2.31. The third kappa shape index (κ3) is 1.27. The van der Waals surface area contributed by atoms with Crippen molar-refractivity contribution in [3.63, 3.8) is 0 Å². The Labute approximate surface area is 95.5 Å². The van der Waals surface area contributed by atoms with Crippen molar-refractivity contribution >= 4 is 27.3 Å². The van der Waals surface area contributed by atoms with Gasteiger partial charge in [-0.05, 0) is 53.4 Å². The molecule has 0 saturated heterocycles. The van der Waals surface area contributed by atoms with Crippen LogP contribution in [-0.4, -0.2) is 10.1 Å². The fourth-order valence-electron chi connectivity index (χ4n) is 2.69. The fraction of sp³-hybridized carbons (Fsp3) is 0.700. The van der Waals surface area contributed by atoms with Crippen molar-refractivity contribution in [2.45, 2.75) is 31.3 Å². The van der Waals surface area contributed by atoms with Gasteiger partial charge in [0.05, 0.1) is 0 Å². The van der Waals surface area contributed by atoms with Gasteiger partial charge in [0.1, 0.15) is 15.2 Å². The highest BCUT2D eigenvalue weighted by atomic mass is 79.9. The summed E-state index contributed by atoms with van der Waals surface area (Å²) in [5, 5.41) is 13.5. The van der Waals surface area contributed by atoms with E-state index in [-0.39, 0.29) is 0 Å². The number of fused-ring (bicyclic) bond motifs is 1. The lowest BCUT2D eigenvalue weighted by atomic mass is 9.85. The van der Waals surface area contributed by atoms with E-state index in [0.29, 0.717) is 5.92 Å². The minimum atomic E-state index is -0.598. The van der Waals surface area contributed by atoms with Crippen LogP contribution in [0.2, 0.25) is 0 Å². The molecule has 0 aromatic carbocycles. The molecule has 0 amide bonds. The van der Waals surface area contributed by atoms with Crippen molar-refractivity contribution in [2.24, 2.45) is 11.8 Å². The summed E-state index contributed by atoms with van der Waals surface area (Å²) in [6.07, 6.45) is 4.55. The molecule has 3 rings (SSSR count). The summed E-state index contributed by atoms with van der Waals surface area (Å²) in [5.41, 5.74) is -0.598. The van der Waals surface area contributed by atoms with Gasteiger partial charge in [0, 0.05) is 5.38 Å². The molecule has 3 atom stereocenters. The van der Waals surface area contributed by atoms with E-state index in [9.17, 15) is 5.11 Å². The second-order valence-electron chi connectivity index (χ2n) is 4.39. The van der Waals surface area contributed by atoms with Gasteiger partial charge in [0.2, 0.25) is 0 Å². The molecule has 0 spiro atoms. The standard InChI is InChI=1S/C10H12BrNOS/c11-8-5-14-9(12-8)10(13)3-1-2-6-4-7(6)10/h5-7,13H,1-4H2. The van der Waals surface area contributed by atoms with Crippen LogP contribution in [0.25, 0.3) is 0 Å². The van der Waals surface area contributed by atoms with Crippen LogP contribution in [0.3, 0.4) is 0 Å². The van der Waals surface area contributed by atoms with Crippen molar-refractivity contribution < 1.29 is 5.11 Å². The molecular formula is C10H12BrNOS. The van der Waals surface area contributed by atoms with Crippen LogP contribution in [-0.2, 0) is 5.60 Å². The number of halogens is 1. The maximum atomic E-state index is 10.6. The molecule has 14 heavy (non-hydrogen) atoms. The van der Waals surface area contributed by atoms with E-state index in [4.69, 9.17) is 0 Å². The molecule has 2 aliphatic rings. The molecule has 2 nitrogen and oxygen atoms in total. The van der Waals surface area contributed by atoms with E-state index >= 15 is 0 Å². The highest BCUT2D eigenvalue weighted by Gasteiger charge is 2.56. The van der Waals surface area contributed by atoms with Gasteiger partial charge in [-0.25, -0.2) is 4.98 Å². The Morgan fingerprint density at radius 2 is 2.50 bits per heavy atom. The topological polar surface area (TPSA) is 33.1 Å². The lowest BCUT2D eigenvalue weighted by molar-refractivity contribution is -0.0163. The third-order valence-electron chi connectivity index (χ3n) is 3.52. The number of hydrogen-bond donors (Lipinski definition) is 1. The average molecular weight is 274 g/mol. The zero-order valence-corrected chi connectivity index (χ0v) is 10.1. The summed E-state index contributed by atoms with van der Waals surface area (Å²) in [7, 11) is 0. The van der Waals surface area contributed by atoms with Gasteiger partial charge in [0.25, 0.3) is 0 Å². The number of rotatable bonds is 1. The summed E-state index contributed by atoms with van der Waals surface area (Å²) in [6, 6.07) is 0. The first-order valence-corrected chi connectivity index (χ1v) is 6.71. The Balaban J connectivity index is 1.95. The van der Waals surface area contributed by atoms with E-state index in [1.165, 1.54) is 12.8 Å². The molecule has 1 aromatic rings. The van der Waals surface area contributed by atoms with Crippen LogP contribution in [0.15, 0.2) is 9.98 Å². The first-order chi connectivity index (χ1) is 6.70. The van der Waals surface area contributed by atoms with Crippen molar-refractivity contribution in [1.82, 2.24) is 4.98 Å². The largest absolute Gasteiger partial charge is 0.382 e. The van der Waals surface area contributed by atoms with Crippen LogP contribution in [0.4, 0.5) is 0 Å². The second-order valence-corrected chi connectivity index (χ2v) is 6.06. The van der Waals surface area contributed by atoms with Gasteiger partial charge in [-0.15, -0.1) is 11.3 Å². The molecular weight excluding hydrogens is 262 g/mol. The van der Waals surface area contributed by atoms with E-state index < -0.39 is 5.60 Å². The van der Waals surface area contributed by atoms with Crippen LogP contribution in [0.1, 0.15) is 30.7 Å². The zero-order valence-electron chi connectivity index (χ0n) is 7.74. The molecule has 0 aliphatic heterocycles. The number of thiazole rings is 1.